The van der Waals surface area contributed by atoms with Crippen LogP contribution in [-0.4, -0.2) is 12.1 Å². The highest BCUT2D eigenvalue weighted by Crippen LogP contribution is 2.45. The van der Waals surface area contributed by atoms with Crippen LogP contribution in [-0.2, 0) is 0 Å². The Balaban J connectivity index is 1.95. The Morgan fingerprint density at radius 3 is 2.08 bits per heavy atom. The van der Waals surface area contributed by atoms with E-state index in [0.717, 1.165) is 5.92 Å². The lowest BCUT2D eigenvalue weighted by Gasteiger charge is -2.52. The highest BCUT2D eigenvalue weighted by atomic mass is 15.0. The molecule has 13 heavy (non-hydrogen) atoms. The van der Waals surface area contributed by atoms with Crippen LogP contribution in [0.5, 0.6) is 0 Å². The van der Waals surface area contributed by atoms with Gasteiger partial charge in [-0.1, -0.05) is 20.8 Å². The fraction of sp³-hybridized carbons (Fsp3) is 1.00. The number of hydrogen-bond acceptors (Lipinski definition) is 1. The van der Waals surface area contributed by atoms with Gasteiger partial charge in [0.1, 0.15) is 0 Å². The lowest BCUT2D eigenvalue weighted by molar-refractivity contribution is 0.0480. The second kappa shape index (κ2) is 2.98. The van der Waals surface area contributed by atoms with Crippen LogP contribution in [0, 0.1) is 11.3 Å². The minimum atomic E-state index is 0.556. The third kappa shape index (κ3) is 1.52. The summed E-state index contributed by atoms with van der Waals surface area (Å²) in [6.07, 6.45) is 7.16. The van der Waals surface area contributed by atoms with Gasteiger partial charge >= 0.3 is 0 Å². The predicted molar refractivity (Wildman–Crippen MR) is 56.8 cm³/mol. The summed E-state index contributed by atoms with van der Waals surface area (Å²) in [5.74, 6) is 0.817. The molecule has 2 fully saturated rings. The first-order valence-corrected chi connectivity index (χ1v) is 5.81. The molecule has 1 heterocycles. The number of rotatable bonds is 1. The first kappa shape index (κ1) is 9.51. The Morgan fingerprint density at radius 1 is 1.08 bits per heavy atom. The molecule has 1 N–H and O–H groups in total. The maximum absolute atomic E-state index is 3.80. The molecule has 0 aromatic carbocycles. The summed E-state index contributed by atoms with van der Waals surface area (Å²) < 4.78 is 0. The van der Waals surface area contributed by atoms with Gasteiger partial charge in [-0.3, -0.25) is 0 Å². The average molecular weight is 181 g/mol. The summed E-state index contributed by atoms with van der Waals surface area (Å²) in [7, 11) is 0. The maximum Gasteiger partial charge on any atom is 0.0182 e. The summed E-state index contributed by atoms with van der Waals surface area (Å²) >= 11 is 0. The standard InChI is InChI=1S/C12H23N/c1-10(2)11(3)7-8-12(13-9-11)5-4-6-12/h10,13H,4-9H2,1-3H3. The quantitative estimate of drug-likeness (QED) is 0.656. The van der Waals surface area contributed by atoms with E-state index in [1.54, 1.807) is 0 Å². The van der Waals surface area contributed by atoms with Crippen LogP contribution in [0.3, 0.4) is 0 Å². The van der Waals surface area contributed by atoms with E-state index in [9.17, 15) is 0 Å². The summed E-state index contributed by atoms with van der Waals surface area (Å²) in [6.45, 7) is 8.40. The monoisotopic (exact) mass is 181 g/mol. The normalized spacial score (nSPS) is 37.8. The van der Waals surface area contributed by atoms with Crippen molar-refractivity contribution in [1.29, 1.82) is 0 Å². The topological polar surface area (TPSA) is 12.0 Å². The van der Waals surface area contributed by atoms with Crippen LogP contribution in [0.1, 0.15) is 52.9 Å². The van der Waals surface area contributed by atoms with Crippen LogP contribution < -0.4 is 5.32 Å². The van der Waals surface area contributed by atoms with Crippen molar-refractivity contribution < 1.29 is 0 Å². The lowest BCUT2D eigenvalue weighted by atomic mass is 9.63. The SMILES string of the molecule is CC(C)C1(C)CCC2(CCC2)NC1. The van der Waals surface area contributed by atoms with E-state index < -0.39 is 0 Å². The number of piperidine rings is 1. The van der Waals surface area contributed by atoms with Crippen molar-refractivity contribution in [2.75, 3.05) is 6.54 Å². The Bertz CT molecular complexity index is 181. The largest absolute Gasteiger partial charge is 0.311 e. The molecule has 1 nitrogen and oxygen atoms in total. The van der Waals surface area contributed by atoms with E-state index in [4.69, 9.17) is 0 Å². The van der Waals surface area contributed by atoms with Gasteiger partial charge in [-0.25, -0.2) is 0 Å². The average Bonchev–Trinajstić information content (AvgIpc) is 2.03. The van der Waals surface area contributed by atoms with Gasteiger partial charge in [0.2, 0.25) is 0 Å². The molecule has 0 bridgehead atoms. The van der Waals surface area contributed by atoms with Crippen molar-refractivity contribution in [3.8, 4) is 0 Å². The molecular weight excluding hydrogens is 158 g/mol. The molecule has 1 atom stereocenters. The molecule has 2 aliphatic rings. The van der Waals surface area contributed by atoms with Gasteiger partial charge < -0.3 is 5.32 Å². The molecule has 0 aromatic rings. The van der Waals surface area contributed by atoms with Gasteiger partial charge in [0.25, 0.3) is 0 Å². The second-order valence-corrected chi connectivity index (χ2v) is 5.80. The maximum atomic E-state index is 3.80. The predicted octanol–water partition coefficient (Wildman–Crippen LogP) is 2.95. The minimum absolute atomic E-state index is 0.556. The van der Waals surface area contributed by atoms with E-state index >= 15 is 0 Å². The highest BCUT2D eigenvalue weighted by Gasteiger charge is 2.44. The molecule has 1 saturated heterocycles. The molecule has 0 amide bonds. The van der Waals surface area contributed by atoms with E-state index in [1.807, 2.05) is 0 Å². The van der Waals surface area contributed by atoms with Crippen molar-refractivity contribution in [3.05, 3.63) is 0 Å². The smallest absolute Gasteiger partial charge is 0.0182 e. The second-order valence-electron chi connectivity index (χ2n) is 5.80. The van der Waals surface area contributed by atoms with Gasteiger partial charge in [-0.2, -0.15) is 0 Å². The van der Waals surface area contributed by atoms with Crippen molar-refractivity contribution in [1.82, 2.24) is 5.32 Å². The van der Waals surface area contributed by atoms with E-state index in [1.165, 1.54) is 38.6 Å². The fourth-order valence-corrected chi connectivity index (χ4v) is 2.61. The first-order chi connectivity index (χ1) is 6.06. The molecule has 1 spiro atoms. The molecule has 0 radical (unpaired) electrons. The number of hydrogen-bond donors (Lipinski definition) is 1. The molecule has 1 aliphatic heterocycles. The van der Waals surface area contributed by atoms with Crippen LogP contribution in [0.25, 0.3) is 0 Å². The van der Waals surface area contributed by atoms with Crippen molar-refractivity contribution in [3.63, 3.8) is 0 Å². The van der Waals surface area contributed by atoms with Gasteiger partial charge in [0.05, 0.1) is 0 Å². The van der Waals surface area contributed by atoms with Gasteiger partial charge in [-0.15, -0.1) is 0 Å². The summed E-state index contributed by atoms with van der Waals surface area (Å²) in [6, 6.07) is 0. The lowest BCUT2D eigenvalue weighted by Crippen LogP contribution is -2.59. The Morgan fingerprint density at radius 2 is 1.77 bits per heavy atom. The van der Waals surface area contributed by atoms with Crippen molar-refractivity contribution in [2.24, 2.45) is 11.3 Å². The summed E-state index contributed by atoms with van der Waals surface area (Å²) in [5.41, 5.74) is 1.15. The third-order valence-corrected chi connectivity index (χ3v) is 4.75. The zero-order valence-electron chi connectivity index (χ0n) is 9.32. The zero-order valence-corrected chi connectivity index (χ0v) is 9.32. The third-order valence-electron chi connectivity index (χ3n) is 4.75. The molecular formula is C12H23N. The van der Waals surface area contributed by atoms with Gasteiger partial charge in [0.15, 0.2) is 0 Å². The minimum Gasteiger partial charge on any atom is -0.311 e. The Kier molecular flexibility index (Phi) is 2.18. The van der Waals surface area contributed by atoms with Gasteiger partial charge in [0, 0.05) is 12.1 Å². The molecule has 76 valence electrons. The molecule has 1 heteroatoms. The van der Waals surface area contributed by atoms with E-state index in [2.05, 4.69) is 26.1 Å². The van der Waals surface area contributed by atoms with Crippen molar-refractivity contribution >= 4 is 0 Å². The fourth-order valence-electron chi connectivity index (χ4n) is 2.61. The Hall–Kier alpha value is -0.0400. The molecule has 1 aliphatic carbocycles. The molecule has 0 aromatic heterocycles. The molecule has 2 rings (SSSR count). The first-order valence-electron chi connectivity index (χ1n) is 5.81. The van der Waals surface area contributed by atoms with Gasteiger partial charge in [-0.05, 0) is 43.4 Å². The number of nitrogens with one attached hydrogen (secondary N) is 1. The summed E-state index contributed by atoms with van der Waals surface area (Å²) in [4.78, 5) is 0. The highest BCUT2D eigenvalue weighted by molar-refractivity contribution is 5.02. The van der Waals surface area contributed by atoms with Crippen LogP contribution in [0.4, 0.5) is 0 Å². The zero-order chi connectivity index (χ0) is 9.53. The Labute approximate surface area is 82.3 Å². The van der Waals surface area contributed by atoms with Crippen LogP contribution in [0.15, 0.2) is 0 Å². The summed E-state index contributed by atoms with van der Waals surface area (Å²) in [5, 5.41) is 3.80. The molecule has 1 unspecified atom stereocenters. The van der Waals surface area contributed by atoms with Crippen LogP contribution >= 0.6 is 0 Å². The van der Waals surface area contributed by atoms with E-state index in [-0.39, 0.29) is 0 Å². The molecule has 1 saturated carbocycles. The van der Waals surface area contributed by atoms with E-state index in [0.29, 0.717) is 11.0 Å². The van der Waals surface area contributed by atoms with Crippen molar-refractivity contribution in [2.45, 2.75) is 58.4 Å². The van der Waals surface area contributed by atoms with Crippen LogP contribution in [0.2, 0.25) is 0 Å².